The molecule has 3 atom stereocenters. The van der Waals surface area contributed by atoms with Crippen molar-refractivity contribution in [1.29, 1.82) is 0 Å². The Kier molecular flexibility index (Phi) is 5.05. The van der Waals surface area contributed by atoms with E-state index in [0.717, 1.165) is 62.9 Å². The van der Waals surface area contributed by atoms with Crippen LogP contribution in [-0.4, -0.2) is 65.9 Å². The van der Waals surface area contributed by atoms with E-state index in [0.29, 0.717) is 24.6 Å². The smallest absolute Gasteiger partial charge is 0.251 e. The van der Waals surface area contributed by atoms with Crippen LogP contribution in [0.15, 0.2) is 29.8 Å². The average Bonchev–Trinajstić information content (AvgIpc) is 3.52. The number of rotatable bonds is 2. The van der Waals surface area contributed by atoms with Gasteiger partial charge in [0.25, 0.3) is 5.91 Å². The number of carbonyl (C=O) groups is 3. The first kappa shape index (κ1) is 20.9. The highest BCUT2D eigenvalue weighted by molar-refractivity contribution is 6.09. The van der Waals surface area contributed by atoms with Crippen molar-refractivity contribution < 1.29 is 19.1 Å². The number of likely N-dealkylation sites (tertiary alicyclic amines) is 2. The summed E-state index contributed by atoms with van der Waals surface area (Å²) in [6, 6.07) is 7.08. The number of nitrogens with zero attached hydrogens (tertiary/aromatic N) is 2. The lowest BCUT2D eigenvalue weighted by Crippen LogP contribution is -2.54. The zero-order valence-electron chi connectivity index (χ0n) is 18.9. The van der Waals surface area contributed by atoms with Crippen LogP contribution in [0.25, 0.3) is 6.08 Å². The summed E-state index contributed by atoms with van der Waals surface area (Å²) < 4.78 is 5.92. The van der Waals surface area contributed by atoms with Gasteiger partial charge in [-0.15, -0.1) is 0 Å². The number of hydrogen-bond donors (Lipinski definition) is 1. The standard InChI is InChI=1S/C26H31N3O4/c30-23-13-19(12-17-4-1-2-6-20(17)27-23)24(31)29-16-26(8-9-26)14-21(29)25(32)28-10-7-22-18(15-28)5-3-11-33-22/h1-2,4,6,12,18,21-22H,3,5,7-11,13-16H2,(H,27,30)/t18-,21+,22-/m0/s1. The summed E-state index contributed by atoms with van der Waals surface area (Å²) in [6.45, 7) is 2.87. The van der Waals surface area contributed by atoms with Crippen LogP contribution in [0.2, 0.25) is 0 Å². The average molecular weight is 450 g/mol. The summed E-state index contributed by atoms with van der Waals surface area (Å²) in [5, 5.41) is 2.89. The Morgan fingerprint density at radius 1 is 1.15 bits per heavy atom. The molecule has 7 heteroatoms. The third-order valence-corrected chi connectivity index (χ3v) is 8.23. The van der Waals surface area contributed by atoms with Gasteiger partial charge in [0.05, 0.1) is 12.5 Å². The molecule has 33 heavy (non-hydrogen) atoms. The van der Waals surface area contributed by atoms with Gasteiger partial charge in [-0.3, -0.25) is 14.4 Å². The summed E-state index contributed by atoms with van der Waals surface area (Å²) in [4.78, 5) is 43.7. The minimum Gasteiger partial charge on any atom is -0.378 e. The number of ether oxygens (including phenoxy) is 1. The van der Waals surface area contributed by atoms with Crippen molar-refractivity contribution in [3.05, 3.63) is 35.4 Å². The fourth-order valence-electron chi connectivity index (χ4n) is 6.19. The largest absolute Gasteiger partial charge is 0.378 e. The summed E-state index contributed by atoms with van der Waals surface area (Å²) in [5.74, 6) is 0.124. The Bertz CT molecular complexity index is 1030. The molecule has 0 bridgehead atoms. The Balaban J connectivity index is 1.25. The van der Waals surface area contributed by atoms with Crippen molar-refractivity contribution in [3.63, 3.8) is 0 Å². The predicted octanol–water partition coefficient (Wildman–Crippen LogP) is 2.82. The molecular formula is C26H31N3O4. The summed E-state index contributed by atoms with van der Waals surface area (Å²) in [6.07, 6.45) is 8.05. The molecule has 1 N–H and O–H groups in total. The highest BCUT2D eigenvalue weighted by Crippen LogP contribution is 2.55. The van der Waals surface area contributed by atoms with Crippen molar-refractivity contribution >= 4 is 29.5 Å². The molecular weight excluding hydrogens is 418 g/mol. The summed E-state index contributed by atoms with van der Waals surface area (Å²) in [5.41, 5.74) is 2.10. The second kappa shape index (κ2) is 7.97. The SMILES string of the molecule is O=C1CC(C(=O)N2CC3(CC3)C[C@@H]2C(=O)N2CC[C@@H]3OCCC[C@H]3C2)=Cc2ccccc2N1. The van der Waals surface area contributed by atoms with Gasteiger partial charge in [0.15, 0.2) is 0 Å². The van der Waals surface area contributed by atoms with Crippen molar-refractivity contribution in [3.8, 4) is 0 Å². The van der Waals surface area contributed by atoms with Crippen LogP contribution in [0.3, 0.4) is 0 Å². The van der Waals surface area contributed by atoms with E-state index >= 15 is 0 Å². The molecule has 3 saturated heterocycles. The number of anilines is 1. The van der Waals surface area contributed by atoms with Gasteiger partial charge in [-0.2, -0.15) is 0 Å². The van der Waals surface area contributed by atoms with Crippen molar-refractivity contribution in [2.24, 2.45) is 11.3 Å². The van der Waals surface area contributed by atoms with Crippen molar-refractivity contribution in [2.45, 2.75) is 57.1 Å². The normalized spacial score (nSPS) is 30.1. The maximum atomic E-state index is 13.7. The molecule has 6 rings (SSSR count). The number of carbonyl (C=O) groups excluding carboxylic acids is 3. The first-order valence-electron chi connectivity index (χ1n) is 12.3. The molecule has 174 valence electrons. The zero-order valence-corrected chi connectivity index (χ0v) is 18.9. The molecule has 0 radical (unpaired) electrons. The van der Waals surface area contributed by atoms with Crippen LogP contribution >= 0.6 is 0 Å². The van der Waals surface area contributed by atoms with Gasteiger partial charge in [-0.05, 0) is 61.6 Å². The lowest BCUT2D eigenvalue weighted by atomic mass is 9.88. The highest BCUT2D eigenvalue weighted by Gasteiger charge is 2.56. The third kappa shape index (κ3) is 3.86. The van der Waals surface area contributed by atoms with Crippen LogP contribution in [0.1, 0.15) is 50.5 Å². The van der Waals surface area contributed by atoms with Gasteiger partial charge in [0.1, 0.15) is 6.04 Å². The zero-order chi connectivity index (χ0) is 22.6. The fourth-order valence-corrected chi connectivity index (χ4v) is 6.19. The van der Waals surface area contributed by atoms with E-state index in [1.807, 2.05) is 35.2 Å². The van der Waals surface area contributed by atoms with Gasteiger partial charge in [-0.25, -0.2) is 0 Å². The molecule has 4 fully saturated rings. The van der Waals surface area contributed by atoms with E-state index in [2.05, 4.69) is 5.32 Å². The van der Waals surface area contributed by atoms with E-state index in [1.54, 1.807) is 4.90 Å². The molecule has 4 heterocycles. The lowest BCUT2D eigenvalue weighted by Gasteiger charge is -2.42. The van der Waals surface area contributed by atoms with Gasteiger partial charge in [0.2, 0.25) is 11.8 Å². The number of hydrogen-bond acceptors (Lipinski definition) is 4. The van der Waals surface area contributed by atoms with E-state index in [4.69, 9.17) is 4.74 Å². The Hall–Kier alpha value is -2.67. The van der Waals surface area contributed by atoms with Crippen LogP contribution in [0, 0.1) is 11.3 Å². The predicted molar refractivity (Wildman–Crippen MR) is 123 cm³/mol. The minimum atomic E-state index is -0.427. The lowest BCUT2D eigenvalue weighted by molar-refractivity contribution is -0.147. The molecule has 3 amide bonds. The van der Waals surface area contributed by atoms with E-state index in [1.165, 1.54) is 0 Å². The highest BCUT2D eigenvalue weighted by atomic mass is 16.5. The maximum absolute atomic E-state index is 13.7. The molecule has 0 aromatic heterocycles. The number of benzene rings is 1. The molecule has 0 unspecified atom stereocenters. The minimum absolute atomic E-state index is 0.0305. The molecule has 4 aliphatic heterocycles. The number of para-hydroxylation sites is 1. The van der Waals surface area contributed by atoms with Gasteiger partial charge >= 0.3 is 0 Å². The van der Waals surface area contributed by atoms with Crippen molar-refractivity contribution in [2.75, 3.05) is 31.6 Å². The first-order chi connectivity index (χ1) is 16.0. The molecule has 1 saturated carbocycles. The molecule has 1 spiro atoms. The number of fused-ring (bicyclic) bond motifs is 2. The van der Waals surface area contributed by atoms with E-state index in [9.17, 15) is 14.4 Å². The second-order valence-corrected chi connectivity index (χ2v) is 10.5. The topological polar surface area (TPSA) is 79.0 Å². The number of piperidine rings is 1. The van der Waals surface area contributed by atoms with Crippen LogP contribution in [-0.2, 0) is 19.1 Å². The summed E-state index contributed by atoms with van der Waals surface area (Å²) in [7, 11) is 0. The van der Waals surface area contributed by atoms with Gasteiger partial charge in [0, 0.05) is 43.4 Å². The Labute approximate surface area is 194 Å². The molecule has 1 aromatic rings. The molecule has 5 aliphatic rings. The summed E-state index contributed by atoms with van der Waals surface area (Å²) >= 11 is 0. The maximum Gasteiger partial charge on any atom is 0.251 e. The number of amides is 3. The molecule has 1 aliphatic carbocycles. The fraction of sp³-hybridized carbons (Fsp3) is 0.577. The Morgan fingerprint density at radius 2 is 2.00 bits per heavy atom. The van der Waals surface area contributed by atoms with Crippen molar-refractivity contribution in [1.82, 2.24) is 9.80 Å². The van der Waals surface area contributed by atoms with Gasteiger partial charge in [-0.1, -0.05) is 18.2 Å². The Morgan fingerprint density at radius 3 is 2.85 bits per heavy atom. The molecule has 7 nitrogen and oxygen atoms in total. The van der Waals surface area contributed by atoms with E-state index < -0.39 is 6.04 Å². The third-order valence-electron chi connectivity index (χ3n) is 8.23. The second-order valence-electron chi connectivity index (χ2n) is 10.5. The first-order valence-corrected chi connectivity index (χ1v) is 12.3. The number of nitrogens with one attached hydrogen (secondary N) is 1. The quantitative estimate of drug-likeness (QED) is 0.753. The molecule has 1 aromatic carbocycles. The monoisotopic (exact) mass is 449 g/mol. The van der Waals surface area contributed by atoms with Crippen LogP contribution < -0.4 is 5.32 Å². The van der Waals surface area contributed by atoms with Crippen LogP contribution in [0.5, 0.6) is 0 Å². The van der Waals surface area contributed by atoms with E-state index in [-0.39, 0.29) is 35.7 Å². The van der Waals surface area contributed by atoms with Crippen LogP contribution in [0.4, 0.5) is 5.69 Å². The van der Waals surface area contributed by atoms with Gasteiger partial charge < -0.3 is 19.9 Å².